The average molecular weight is 233 g/mol. The van der Waals surface area contributed by atoms with Crippen LogP contribution in [0.1, 0.15) is 47.5 Å². The standard InChI is InChI=1S/C12H27NOS/c1-6-7-11(14)8-13-10(2)9-15-12(3,4)5/h10-11,13-14H,6-9H2,1-5H3. The smallest absolute Gasteiger partial charge is 0.0664 e. The number of hydrogen-bond acceptors (Lipinski definition) is 3. The maximum absolute atomic E-state index is 9.56. The Labute approximate surface area is 99.2 Å². The van der Waals surface area contributed by atoms with Crippen LogP contribution in [0.15, 0.2) is 0 Å². The lowest BCUT2D eigenvalue weighted by atomic mass is 10.2. The van der Waals surface area contributed by atoms with Crippen molar-refractivity contribution in [3.8, 4) is 0 Å². The number of thioether (sulfide) groups is 1. The third kappa shape index (κ3) is 10.6. The highest BCUT2D eigenvalue weighted by Gasteiger charge is 2.13. The van der Waals surface area contributed by atoms with E-state index in [1.807, 2.05) is 11.8 Å². The lowest BCUT2D eigenvalue weighted by Gasteiger charge is -2.22. The van der Waals surface area contributed by atoms with Crippen molar-refractivity contribution in [3.05, 3.63) is 0 Å². The van der Waals surface area contributed by atoms with E-state index in [0.717, 1.165) is 25.1 Å². The topological polar surface area (TPSA) is 32.3 Å². The Balaban J connectivity index is 3.53. The molecular weight excluding hydrogens is 206 g/mol. The zero-order chi connectivity index (χ0) is 11.9. The molecule has 0 saturated carbocycles. The van der Waals surface area contributed by atoms with Gasteiger partial charge in [0, 0.05) is 23.1 Å². The van der Waals surface area contributed by atoms with Gasteiger partial charge in [0.05, 0.1) is 6.10 Å². The molecule has 0 amide bonds. The van der Waals surface area contributed by atoms with Crippen molar-refractivity contribution < 1.29 is 5.11 Å². The lowest BCUT2D eigenvalue weighted by molar-refractivity contribution is 0.158. The minimum Gasteiger partial charge on any atom is -0.392 e. The van der Waals surface area contributed by atoms with Crippen molar-refractivity contribution in [1.82, 2.24) is 5.32 Å². The zero-order valence-electron chi connectivity index (χ0n) is 10.8. The molecule has 0 heterocycles. The molecule has 2 nitrogen and oxygen atoms in total. The minimum absolute atomic E-state index is 0.183. The van der Waals surface area contributed by atoms with Gasteiger partial charge >= 0.3 is 0 Å². The second-order valence-corrected chi connectivity index (χ2v) is 7.02. The molecular formula is C12H27NOS. The fourth-order valence-electron chi connectivity index (χ4n) is 1.21. The van der Waals surface area contributed by atoms with Gasteiger partial charge in [-0.05, 0) is 13.3 Å². The Bertz CT molecular complexity index is 156. The zero-order valence-corrected chi connectivity index (χ0v) is 11.7. The molecule has 0 radical (unpaired) electrons. The molecule has 0 aliphatic carbocycles. The van der Waals surface area contributed by atoms with Crippen LogP contribution < -0.4 is 5.32 Å². The number of rotatable bonds is 7. The number of aliphatic hydroxyl groups excluding tert-OH is 1. The highest BCUT2D eigenvalue weighted by atomic mass is 32.2. The predicted octanol–water partition coefficient (Wildman–Crippen LogP) is 2.66. The van der Waals surface area contributed by atoms with Crippen molar-refractivity contribution in [3.63, 3.8) is 0 Å². The summed E-state index contributed by atoms with van der Waals surface area (Å²) in [6.45, 7) is 11.7. The third-order valence-corrected chi connectivity index (χ3v) is 3.62. The monoisotopic (exact) mass is 233 g/mol. The van der Waals surface area contributed by atoms with E-state index in [1.165, 1.54) is 0 Å². The molecule has 2 atom stereocenters. The Hall–Kier alpha value is 0.270. The van der Waals surface area contributed by atoms with Crippen LogP contribution in [0.25, 0.3) is 0 Å². The van der Waals surface area contributed by atoms with Crippen LogP contribution in [0.4, 0.5) is 0 Å². The van der Waals surface area contributed by atoms with E-state index in [0.29, 0.717) is 10.8 Å². The Morgan fingerprint density at radius 2 is 1.93 bits per heavy atom. The quantitative estimate of drug-likeness (QED) is 0.709. The summed E-state index contributed by atoms with van der Waals surface area (Å²) in [6.07, 6.45) is 1.76. The second kappa shape index (κ2) is 7.53. The summed E-state index contributed by atoms with van der Waals surface area (Å²) >= 11 is 1.96. The van der Waals surface area contributed by atoms with E-state index in [9.17, 15) is 5.11 Å². The van der Waals surface area contributed by atoms with Crippen LogP contribution in [0.5, 0.6) is 0 Å². The minimum atomic E-state index is -0.183. The molecule has 2 unspecified atom stereocenters. The molecule has 0 bridgehead atoms. The van der Waals surface area contributed by atoms with E-state index < -0.39 is 0 Å². The van der Waals surface area contributed by atoms with Gasteiger partial charge in [-0.2, -0.15) is 11.8 Å². The first kappa shape index (κ1) is 15.3. The molecule has 0 spiro atoms. The Morgan fingerprint density at radius 1 is 1.33 bits per heavy atom. The normalized spacial score (nSPS) is 16.4. The first-order valence-electron chi connectivity index (χ1n) is 5.90. The molecule has 0 aliphatic rings. The molecule has 0 aromatic rings. The molecule has 0 aliphatic heterocycles. The summed E-state index contributed by atoms with van der Waals surface area (Å²) in [5.41, 5.74) is 0. The molecule has 0 aromatic carbocycles. The molecule has 0 rings (SSSR count). The first-order valence-corrected chi connectivity index (χ1v) is 6.89. The third-order valence-electron chi connectivity index (χ3n) is 2.09. The second-order valence-electron chi connectivity index (χ2n) is 5.18. The summed E-state index contributed by atoms with van der Waals surface area (Å²) in [7, 11) is 0. The fraction of sp³-hybridized carbons (Fsp3) is 1.00. The number of hydrogen-bond donors (Lipinski definition) is 2. The van der Waals surface area contributed by atoms with Crippen molar-refractivity contribution >= 4 is 11.8 Å². The van der Waals surface area contributed by atoms with Gasteiger partial charge in [-0.1, -0.05) is 34.1 Å². The molecule has 2 N–H and O–H groups in total. The van der Waals surface area contributed by atoms with E-state index in [-0.39, 0.29) is 6.10 Å². The van der Waals surface area contributed by atoms with Crippen molar-refractivity contribution in [2.45, 2.75) is 64.4 Å². The molecule has 3 heteroatoms. The average Bonchev–Trinajstić information content (AvgIpc) is 2.11. The fourth-order valence-corrected chi connectivity index (χ4v) is 2.07. The molecule has 15 heavy (non-hydrogen) atoms. The van der Waals surface area contributed by atoms with E-state index in [4.69, 9.17) is 0 Å². The van der Waals surface area contributed by atoms with Crippen molar-refractivity contribution in [2.24, 2.45) is 0 Å². The van der Waals surface area contributed by atoms with Crippen molar-refractivity contribution in [2.75, 3.05) is 12.3 Å². The lowest BCUT2D eigenvalue weighted by Crippen LogP contribution is -2.35. The molecule has 0 saturated heterocycles. The highest BCUT2D eigenvalue weighted by Crippen LogP contribution is 2.23. The largest absolute Gasteiger partial charge is 0.392 e. The maximum atomic E-state index is 9.56. The van der Waals surface area contributed by atoms with Crippen LogP contribution in [-0.2, 0) is 0 Å². The van der Waals surface area contributed by atoms with Crippen LogP contribution in [0, 0.1) is 0 Å². The summed E-state index contributed by atoms with van der Waals surface area (Å²) in [5, 5.41) is 12.9. The number of aliphatic hydroxyl groups is 1. The summed E-state index contributed by atoms with van der Waals surface area (Å²) in [5.74, 6) is 1.10. The van der Waals surface area contributed by atoms with Gasteiger partial charge in [-0.25, -0.2) is 0 Å². The van der Waals surface area contributed by atoms with Gasteiger partial charge in [-0.3, -0.25) is 0 Å². The van der Waals surface area contributed by atoms with Crippen LogP contribution in [-0.4, -0.2) is 34.3 Å². The first-order chi connectivity index (χ1) is 6.85. The Morgan fingerprint density at radius 3 is 2.40 bits per heavy atom. The molecule has 92 valence electrons. The maximum Gasteiger partial charge on any atom is 0.0664 e. The van der Waals surface area contributed by atoms with Crippen LogP contribution >= 0.6 is 11.8 Å². The molecule has 0 fully saturated rings. The SMILES string of the molecule is CCCC(O)CNC(C)CSC(C)(C)C. The van der Waals surface area contributed by atoms with Gasteiger partial charge in [-0.15, -0.1) is 0 Å². The number of nitrogens with one attached hydrogen (secondary N) is 1. The summed E-state index contributed by atoms with van der Waals surface area (Å²) < 4.78 is 0.331. The van der Waals surface area contributed by atoms with Gasteiger partial charge in [0.15, 0.2) is 0 Å². The summed E-state index contributed by atoms with van der Waals surface area (Å²) in [4.78, 5) is 0. The van der Waals surface area contributed by atoms with Gasteiger partial charge < -0.3 is 10.4 Å². The van der Waals surface area contributed by atoms with Crippen LogP contribution in [0.3, 0.4) is 0 Å². The van der Waals surface area contributed by atoms with Crippen molar-refractivity contribution in [1.29, 1.82) is 0 Å². The van der Waals surface area contributed by atoms with E-state index >= 15 is 0 Å². The Kier molecular flexibility index (Phi) is 7.66. The van der Waals surface area contributed by atoms with Gasteiger partial charge in [0.1, 0.15) is 0 Å². The summed E-state index contributed by atoms with van der Waals surface area (Å²) in [6, 6.07) is 0.473. The molecule has 0 aromatic heterocycles. The van der Waals surface area contributed by atoms with Gasteiger partial charge in [0.2, 0.25) is 0 Å². The highest BCUT2D eigenvalue weighted by molar-refractivity contribution is 8.00. The van der Waals surface area contributed by atoms with Gasteiger partial charge in [0.25, 0.3) is 0 Å². The van der Waals surface area contributed by atoms with E-state index in [1.54, 1.807) is 0 Å². The van der Waals surface area contributed by atoms with E-state index in [2.05, 4.69) is 39.9 Å². The predicted molar refractivity (Wildman–Crippen MR) is 70.6 cm³/mol. The van der Waals surface area contributed by atoms with Crippen LogP contribution in [0.2, 0.25) is 0 Å².